The van der Waals surface area contributed by atoms with Gasteiger partial charge in [-0.15, -0.1) is 0 Å². The van der Waals surface area contributed by atoms with E-state index in [-0.39, 0.29) is 5.91 Å². The molecule has 1 aliphatic heterocycles. The molecule has 134 valence electrons. The van der Waals surface area contributed by atoms with Crippen LogP contribution in [0.3, 0.4) is 0 Å². The zero-order chi connectivity index (χ0) is 18.1. The number of imidazole rings is 1. The minimum absolute atomic E-state index is 0.251. The van der Waals surface area contributed by atoms with Crippen molar-refractivity contribution in [3.05, 3.63) is 66.0 Å². The van der Waals surface area contributed by atoms with Gasteiger partial charge in [0, 0.05) is 25.4 Å². The van der Waals surface area contributed by atoms with E-state index < -0.39 is 0 Å². The highest BCUT2D eigenvalue weighted by molar-refractivity contribution is 5.78. The van der Waals surface area contributed by atoms with E-state index in [0.717, 1.165) is 30.9 Å². The third-order valence-electron chi connectivity index (χ3n) is 5.19. The summed E-state index contributed by atoms with van der Waals surface area (Å²) < 4.78 is 2.35. The van der Waals surface area contributed by atoms with Gasteiger partial charge in [-0.25, -0.2) is 4.98 Å². The van der Waals surface area contributed by atoms with Crippen LogP contribution in [0.2, 0.25) is 0 Å². The van der Waals surface area contributed by atoms with Gasteiger partial charge >= 0.3 is 0 Å². The zero-order valence-electron chi connectivity index (χ0n) is 15.4. The number of carbonyl (C=O) groups excluding carboxylic acids is 1. The Morgan fingerprint density at radius 3 is 2.50 bits per heavy atom. The highest BCUT2D eigenvalue weighted by Crippen LogP contribution is 2.31. The number of nitrogens with zero attached hydrogens (tertiary/aromatic N) is 3. The summed E-state index contributed by atoms with van der Waals surface area (Å²) in [5.74, 6) is 1.73. The van der Waals surface area contributed by atoms with E-state index in [1.165, 1.54) is 11.1 Å². The molecule has 0 spiro atoms. The molecule has 0 unspecified atom stereocenters. The Hall–Kier alpha value is -2.62. The van der Waals surface area contributed by atoms with Gasteiger partial charge < -0.3 is 9.47 Å². The van der Waals surface area contributed by atoms with Gasteiger partial charge in [-0.05, 0) is 24.1 Å². The second kappa shape index (κ2) is 6.94. The maximum absolute atomic E-state index is 12.5. The summed E-state index contributed by atoms with van der Waals surface area (Å²) in [6, 6.07) is 18.8. The Kier molecular flexibility index (Phi) is 4.49. The Morgan fingerprint density at radius 2 is 1.77 bits per heavy atom. The van der Waals surface area contributed by atoms with Crippen molar-refractivity contribution in [1.82, 2.24) is 14.5 Å². The first-order valence-electron chi connectivity index (χ1n) is 9.42. The smallest absolute Gasteiger partial charge is 0.223 e. The van der Waals surface area contributed by atoms with Crippen LogP contribution in [-0.2, 0) is 11.2 Å². The molecule has 1 fully saturated rings. The number of rotatable bonds is 5. The van der Waals surface area contributed by atoms with Crippen molar-refractivity contribution in [2.24, 2.45) is 0 Å². The lowest BCUT2D eigenvalue weighted by Gasteiger charge is -2.41. The number of fused-ring (bicyclic) bond motifs is 1. The van der Waals surface area contributed by atoms with Crippen LogP contribution in [0.1, 0.15) is 43.6 Å². The largest absolute Gasteiger partial charge is 0.338 e. The topological polar surface area (TPSA) is 38.1 Å². The number of carbonyl (C=O) groups is 1. The van der Waals surface area contributed by atoms with Gasteiger partial charge in [-0.1, -0.05) is 56.3 Å². The molecule has 2 heterocycles. The van der Waals surface area contributed by atoms with Crippen LogP contribution >= 0.6 is 0 Å². The molecule has 1 saturated heterocycles. The minimum Gasteiger partial charge on any atom is -0.338 e. The first-order chi connectivity index (χ1) is 12.6. The maximum atomic E-state index is 12.5. The van der Waals surface area contributed by atoms with Gasteiger partial charge in [0.25, 0.3) is 0 Å². The van der Waals surface area contributed by atoms with Crippen molar-refractivity contribution in [3.63, 3.8) is 0 Å². The summed E-state index contributed by atoms with van der Waals surface area (Å²) in [6.07, 6.45) is 1.39. The number of para-hydroxylation sites is 2. The molecular formula is C22H25N3O. The molecule has 0 saturated carbocycles. The molecule has 1 aliphatic rings. The van der Waals surface area contributed by atoms with Gasteiger partial charge in [0.15, 0.2) is 0 Å². The third kappa shape index (κ3) is 3.12. The molecule has 0 N–H and O–H groups in total. The Labute approximate surface area is 154 Å². The normalized spacial score (nSPS) is 14.8. The molecule has 0 radical (unpaired) electrons. The predicted molar refractivity (Wildman–Crippen MR) is 104 cm³/mol. The summed E-state index contributed by atoms with van der Waals surface area (Å²) in [7, 11) is 0. The van der Waals surface area contributed by atoms with Crippen LogP contribution in [0, 0.1) is 0 Å². The van der Waals surface area contributed by atoms with Crippen molar-refractivity contribution in [1.29, 1.82) is 0 Å². The number of hydrogen-bond donors (Lipinski definition) is 0. The van der Waals surface area contributed by atoms with E-state index in [1.807, 2.05) is 29.2 Å². The first-order valence-corrected chi connectivity index (χ1v) is 9.42. The molecule has 0 aliphatic carbocycles. The van der Waals surface area contributed by atoms with Gasteiger partial charge in [0.2, 0.25) is 5.91 Å². The molecule has 0 bridgehead atoms. The first kappa shape index (κ1) is 16.8. The molecular weight excluding hydrogens is 322 g/mol. The zero-order valence-corrected chi connectivity index (χ0v) is 15.4. The van der Waals surface area contributed by atoms with E-state index >= 15 is 0 Å². The molecule has 4 nitrogen and oxygen atoms in total. The number of aromatic nitrogens is 2. The average Bonchev–Trinajstić information content (AvgIpc) is 2.99. The van der Waals surface area contributed by atoms with Crippen LogP contribution in [0.15, 0.2) is 54.6 Å². The molecule has 4 rings (SSSR count). The molecule has 1 aromatic heterocycles. The summed E-state index contributed by atoms with van der Waals surface area (Å²) in [6.45, 7) is 5.93. The second-order valence-electron chi connectivity index (χ2n) is 7.42. The van der Waals surface area contributed by atoms with Crippen LogP contribution in [0.5, 0.6) is 0 Å². The van der Waals surface area contributed by atoms with Gasteiger partial charge in [0.05, 0.1) is 17.1 Å². The van der Waals surface area contributed by atoms with Crippen molar-refractivity contribution < 1.29 is 4.79 Å². The van der Waals surface area contributed by atoms with Crippen molar-refractivity contribution in [2.75, 3.05) is 13.1 Å². The fraction of sp³-hybridized carbons (Fsp3) is 0.364. The SMILES string of the molecule is CC(C)c1nc2ccccc2n1C1CN(C(=O)CCc2ccccc2)C1. The monoisotopic (exact) mass is 347 g/mol. The predicted octanol–water partition coefficient (Wildman–Crippen LogP) is 4.18. The van der Waals surface area contributed by atoms with Gasteiger partial charge in [-0.3, -0.25) is 4.79 Å². The molecule has 3 aromatic rings. The summed E-state index contributed by atoms with van der Waals surface area (Å²) >= 11 is 0. The van der Waals surface area contributed by atoms with E-state index in [0.29, 0.717) is 18.4 Å². The number of aryl methyl sites for hydroxylation is 1. The Morgan fingerprint density at radius 1 is 1.08 bits per heavy atom. The Balaban J connectivity index is 1.44. The van der Waals surface area contributed by atoms with E-state index in [1.54, 1.807) is 0 Å². The number of benzene rings is 2. The van der Waals surface area contributed by atoms with Gasteiger partial charge in [0.1, 0.15) is 5.82 Å². The lowest BCUT2D eigenvalue weighted by molar-refractivity contribution is -0.136. The highest BCUT2D eigenvalue weighted by Gasteiger charge is 2.34. The number of amides is 1. The lowest BCUT2D eigenvalue weighted by Crippen LogP contribution is -2.51. The Bertz CT molecular complexity index is 908. The molecule has 26 heavy (non-hydrogen) atoms. The highest BCUT2D eigenvalue weighted by atomic mass is 16.2. The quantitative estimate of drug-likeness (QED) is 0.694. The summed E-state index contributed by atoms with van der Waals surface area (Å²) in [5.41, 5.74) is 3.45. The molecule has 4 heteroatoms. The standard InChI is InChI=1S/C22H25N3O/c1-16(2)22-23-19-10-6-7-11-20(19)25(22)18-14-24(15-18)21(26)13-12-17-8-4-3-5-9-17/h3-11,16,18H,12-15H2,1-2H3. The van der Waals surface area contributed by atoms with Crippen LogP contribution in [0.4, 0.5) is 0 Å². The van der Waals surface area contributed by atoms with E-state index in [4.69, 9.17) is 4.98 Å². The van der Waals surface area contributed by atoms with Crippen molar-refractivity contribution >= 4 is 16.9 Å². The minimum atomic E-state index is 0.251. The van der Waals surface area contributed by atoms with Crippen LogP contribution in [-0.4, -0.2) is 33.4 Å². The van der Waals surface area contributed by atoms with Gasteiger partial charge in [-0.2, -0.15) is 0 Å². The fourth-order valence-electron chi connectivity index (χ4n) is 3.73. The van der Waals surface area contributed by atoms with Crippen LogP contribution < -0.4 is 0 Å². The van der Waals surface area contributed by atoms with Crippen molar-refractivity contribution in [3.8, 4) is 0 Å². The van der Waals surface area contributed by atoms with E-state index in [2.05, 4.69) is 48.7 Å². The average molecular weight is 347 g/mol. The third-order valence-corrected chi connectivity index (χ3v) is 5.19. The van der Waals surface area contributed by atoms with Crippen LogP contribution in [0.25, 0.3) is 11.0 Å². The number of likely N-dealkylation sites (tertiary alicyclic amines) is 1. The summed E-state index contributed by atoms with van der Waals surface area (Å²) in [5, 5.41) is 0. The molecule has 2 aromatic carbocycles. The fourth-order valence-corrected chi connectivity index (χ4v) is 3.73. The van der Waals surface area contributed by atoms with Crippen molar-refractivity contribution in [2.45, 2.75) is 38.6 Å². The lowest BCUT2D eigenvalue weighted by atomic mass is 10.0. The second-order valence-corrected chi connectivity index (χ2v) is 7.42. The maximum Gasteiger partial charge on any atom is 0.223 e. The van der Waals surface area contributed by atoms with E-state index in [9.17, 15) is 4.79 Å². The molecule has 0 atom stereocenters. The molecule has 1 amide bonds. The summed E-state index contributed by atoms with van der Waals surface area (Å²) in [4.78, 5) is 19.3. The number of hydrogen-bond acceptors (Lipinski definition) is 2.